The Morgan fingerprint density at radius 1 is 1.40 bits per heavy atom. The highest BCUT2D eigenvalue weighted by atomic mass is 19.1. The molecule has 1 aliphatic heterocycles. The van der Waals surface area contributed by atoms with Gasteiger partial charge >= 0.3 is 0 Å². The first kappa shape index (κ1) is 20.4. The van der Waals surface area contributed by atoms with E-state index in [0.717, 1.165) is 60.2 Å². The molecule has 8 heteroatoms. The van der Waals surface area contributed by atoms with Crippen LogP contribution >= 0.6 is 0 Å². The lowest BCUT2D eigenvalue weighted by Gasteiger charge is -2.25. The zero-order valence-corrected chi connectivity index (χ0v) is 18.0. The second kappa shape index (κ2) is 8.45. The third kappa shape index (κ3) is 4.17. The Labute approximate surface area is 175 Å². The van der Waals surface area contributed by atoms with E-state index >= 15 is 0 Å². The Bertz CT molecular complexity index is 1070. The summed E-state index contributed by atoms with van der Waals surface area (Å²) in [4.78, 5) is 9.36. The number of halogens is 1. The third-order valence-corrected chi connectivity index (χ3v) is 5.45. The number of nitrogens with zero attached hydrogens (tertiary/aromatic N) is 4. The van der Waals surface area contributed by atoms with Crippen LogP contribution < -0.4 is 10.6 Å². The van der Waals surface area contributed by atoms with Crippen molar-refractivity contribution in [2.75, 3.05) is 6.54 Å². The highest BCUT2D eigenvalue weighted by Gasteiger charge is 2.23. The van der Waals surface area contributed by atoms with E-state index in [1.807, 2.05) is 18.5 Å². The van der Waals surface area contributed by atoms with Crippen molar-refractivity contribution < 1.29 is 8.81 Å². The van der Waals surface area contributed by atoms with Crippen molar-refractivity contribution in [3.63, 3.8) is 0 Å². The zero-order chi connectivity index (χ0) is 21.3. The second-order valence-electron chi connectivity index (χ2n) is 8.09. The maximum Gasteiger partial charge on any atom is 0.191 e. The topological polar surface area (TPSA) is 80.3 Å². The molecule has 1 aliphatic rings. The van der Waals surface area contributed by atoms with Crippen LogP contribution in [0.2, 0.25) is 0 Å². The van der Waals surface area contributed by atoms with Gasteiger partial charge in [-0.05, 0) is 38.5 Å². The average Bonchev–Trinajstić information content (AvgIpc) is 3.28. The van der Waals surface area contributed by atoms with Crippen molar-refractivity contribution in [2.45, 2.75) is 65.6 Å². The number of rotatable bonds is 5. The first-order valence-electron chi connectivity index (χ1n) is 10.6. The molecular weight excluding hydrogens is 383 g/mol. The van der Waals surface area contributed by atoms with Gasteiger partial charge in [-0.15, -0.1) is 0 Å². The standard InChI is InChI=1S/C22H29FN6O/c1-5-24-22(25-11-19-14(4)17-10-15(23)6-8-18(17)30-19)26-16-7-9-20-27-21(13(2)3)28-29(20)12-16/h6,8,10,13,16H,5,7,9,11-12H2,1-4H3,(H2,24,25,26). The van der Waals surface area contributed by atoms with Gasteiger partial charge in [-0.25, -0.2) is 19.0 Å². The molecule has 4 rings (SSSR count). The Morgan fingerprint density at radius 2 is 2.23 bits per heavy atom. The van der Waals surface area contributed by atoms with Gasteiger partial charge in [-0.2, -0.15) is 5.10 Å². The molecule has 1 unspecified atom stereocenters. The summed E-state index contributed by atoms with van der Waals surface area (Å²) >= 11 is 0. The van der Waals surface area contributed by atoms with Crippen LogP contribution in [0.5, 0.6) is 0 Å². The minimum Gasteiger partial charge on any atom is -0.459 e. The van der Waals surface area contributed by atoms with E-state index in [4.69, 9.17) is 9.41 Å². The van der Waals surface area contributed by atoms with E-state index in [9.17, 15) is 4.39 Å². The fourth-order valence-corrected chi connectivity index (χ4v) is 3.75. The first-order chi connectivity index (χ1) is 14.4. The van der Waals surface area contributed by atoms with Gasteiger partial charge in [0.2, 0.25) is 0 Å². The zero-order valence-electron chi connectivity index (χ0n) is 18.0. The molecule has 0 fully saturated rings. The van der Waals surface area contributed by atoms with Gasteiger partial charge in [0.1, 0.15) is 29.5 Å². The molecule has 160 valence electrons. The summed E-state index contributed by atoms with van der Waals surface area (Å²) in [5.74, 6) is 3.51. The second-order valence-corrected chi connectivity index (χ2v) is 8.09. The number of benzene rings is 1. The molecular formula is C22H29FN6O. The number of fused-ring (bicyclic) bond motifs is 2. The molecule has 0 bridgehead atoms. The minimum atomic E-state index is -0.262. The summed E-state index contributed by atoms with van der Waals surface area (Å²) in [6.07, 6.45) is 1.87. The first-order valence-corrected chi connectivity index (χ1v) is 10.6. The molecule has 7 nitrogen and oxygen atoms in total. The predicted molar refractivity (Wildman–Crippen MR) is 115 cm³/mol. The molecule has 0 aliphatic carbocycles. The quantitative estimate of drug-likeness (QED) is 0.494. The Morgan fingerprint density at radius 3 is 3.00 bits per heavy atom. The molecule has 1 aromatic carbocycles. The van der Waals surface area contributed by atoms with Gasteiger partial charge in [0, 0.05) is 35.9 Å². The number of furan rings is 1. The number of aliphatic imine (C=N–C) groups is 1. The minimum absolute atomic E-state index is 0.225. The van der Waals surface area contributed by atoms with E-state index in [1.54, 1.807) is 6.07 Å². The van der Waals surface area contributed by atoms with Crippen LogP contribution in [-0.4, -0.2) is 33.3 Å². The third-order valence-electron chi connectivity index (χ3n) is 5.45. The van der Waals surface area contributed by atoms with Crippen molar-refractivity contribution in [2.24, 2.45) is 4.99 Å². The van der Waals surface area contributed by atoms with Crippen LogP contribution in [-0.2, 0) is 19.5 Å². The van der Waals surface area contributed by atoms with Gasteiger partial charge in [0.15, 0.2) is 11.8 Å². The lowest BCUT2D eigenvalue weighted by atomic mass is 10.1. The fraction of sp³-hybridized carbons (Fsp3) is 0.500. The van der Waals surface area contributed by atoms with Crippen LogP contribution in [0.25, 0.3) is 11.0 Å². The maximum atomic E-state index is 13.6. The van der Waals surface area contributed by atoms with Gasteiger partial charge in [0.05, 0.1) is 6.54 Å². The van der Waals surface area contributed by atoms with Crippen LogP contribution in [0.1, 0.15) is 56.1 Å². The SMILES string of the molecule is CCNC(=NCc1oc2ccc(F)cc2c1C)NC1CCc2nc(C(C)C)nn2C1. The summed E-state index contributed by atoms with van der Waals surface area (Å²) in [6.45, 7) is 10.1. The Balaban J connectivity index is 1.47. The Kier molecular flexibility index (Phi) is 5.74. The normalized spacial score (nSPS) is 16.9. The van der Waals surface area contributed by atoms with Crippen LogP contribution in [0.4, 0.5) is 4.39 Å². The molecule has 3 aromatic rings. The molecule has 1 atom stereocenters. The van der Waals surface area contributed by atoms with E-state index in [1.165, 1.54) is 12.1 Å². The summed E-state index contributed by atoms with van der Waals surface area (Å²) in [5, 5.41) is 12.3. The molecule has 0 radical (unpaired) electrons. The number of aromatic nitrogens is 3. The average molecular weight is 413 g/mol. The number of hydrogen-bond donors (Lipinski definition) is 2. The van der Waals surface area contributed by atoms with E-state index in [0.29, 0.717) is 18.0 Å². The lowest BCUT2D eigenvalue weighted by molar-refractivity contribution is 0.391. The highest BCUT2D eigenvalue weighted by Crippen LogP contribution is 2.26. The van der Waals surface area contributed by atoms with E-state index in [2.05, 4.69) is 34.6 Å². The fourth-order valence-electron chi connectivity index (χ4n) is 3.75. The van der Waals surface area contributed by atoms with Crippen LogP contribution in [0, 0.1) is 12.7 Å². The summed E-state index contributed by atoms with van der Waals surface area (Å²) in [5.41, 5.74) is 1.61. The number of aryl methyl sites for hydroxylation is 2. The van der Waals surface area contributed by atoms with Crippen molar-refractivity contribution in [3.05, 3.63) is 47.0 Å². The molecule has 0 saturated carbocycles. The summed E-state index contributed by atoms with van der Waals surface area (Å²) < 4.78 is 21.5. The number of nitrogens with one attached hydrogen (secondary N) is 2. The highest BCUT2D eigenvalue weighted by molar-refractivity contribution is 5.82. The van der Waals surface area contributed by atoms with Gasteiger partial charge in [-0.1, -0.05) is 13.8 Å². The monoisotopic (exact) mass is 412 g/mol. The van der Waals surface area contributed by atoms with Gasteiger partial charge < -0.3 is 15.1 Å². The molecule has 30 heavy (non-hydrogen) atoms. The molecule has 2 aromatic heterocycles. The molecule has 0 saturated heterocycles. The van der Waals surface area contributed by atoms with E-state index < -0.39 is 0 Å². The number of guanidine groups is 1. The van der Waals surface area contributed by atoms with Gasteiger partial charge in [-0.3, -0.25) is 0 Å². The largest absolute Gasteiger partial charge is 0.459 e. The molecule has 3 heterocycles. The summed E-state index contributed by atoms with van der Waals surface area (Å²) in [6, 6.07) is 4.81. The smallest absolute Gasteiger partial charge is 0.191 e. The van der Waals surface area contributed by atoms with Crippen molar-refractivity contribution in [3.8, 4) is 0 Å². The predicted octanol–water partition coefficient (Wildman–Crippen LogP) is 3.67. The van der Waals surface area contributed by atoms with Crippen LogP contribution in [0.3, 0.4) is 0 Å². The maximum absolute atomic E-state index is 13.6. The Hall–Kier alpha value is -2.90. The summed E-state index contributed by atoms with van der Waals surface area (Å²) in [7, 11) is 0. The van der Waals surface area contributed by atoms with Gasteiger partial charge in [0.25, 0.3) is 0 Å². The van der Waals surface area contributed by atoms with Crippen molar-refractivity contribution in [1.29, 1.82) is 0 Å². The molecule has 0 spiro atoms. The molecule has 0 amide bonds. The van der Waals surface area contributed by atoms with Crippen molar-refractivity contribution >= 4 is 16.9 Å². The van der Waals surface area contributed by atoms with Crippen molar-refractivity contribution in [1.82, 2.24) is 25.4 Å². The number of hydrogen-bond acceptors (Lipinski definition) is 4. The molecule has 2 N–H and O–H groups in total. The lowest BCUT2D eigenvalue weighted by Crippen LogP contribution is -2.47. The van der Waals surface area contributed by atoms with E-state index in [-0.39, 0.29) is 11.9 Å². The van der Waals surface area contributed by atoms with Crippen LogP contribution in [0.15, 0.2) is 27.6 Å².